The number of alkyl carbamates (subject to hydrolysis) is 2. The van der Waals surface area contributed by atoms with Crippen molar-refractivity contribution in [1.82, 2.24) is 78.7 Å². The summed E-state index contributed by atoms with van der Waals surface area (Å²) in [7, 11) is -2.12. The fourth-order valence-corrected chi connectivity index (χ4v) is 21.8. The number of amides is 13. The highest BCUT2D eigenvalue weighted by Gasteiger charge is 2.44. The van der Waals surface area contributed by atoms with Crippen molar-refractivity contribution in [2.24, 2.45) is 5.92 Å². The third-order valence-electron chi connectivity index (χ3n) is 25.7. The van der Waals surface area contributed by atoms with Crippen molar-refractivity contribution in [3.8, 4) is 22.6 Å². The average molecular weight is 2090 g/mol. The number of nitrogens with one attached hydrogen (secondary N) is 15. The Labute approximate surface area is 874 Å². The zero-order chi connectivity index (χ0) is 108. The van der Waals surface area contributed by atoms with Gasteiger partial charge in [0.15, 0.2) is 0 Å². The zero-order valence-electron chi connectivity index (χ0n) is 87.3. The molecule has 2 fully saturated rings. The molecule has 11 rings (SSSR count). The Balaban J connectivity index is 0.938. The van der Waals surface area contributed by atoms with E-state index < -0.39 is 208 Å². The highest BCUT2D eigenvalue weighted by Crippen LogP contribution is 2.46. The quantitative estimate of drug-likeness (QED) is 0.00748. The lowest BCUT2D eigenvalue weighted by Crippen LogP contribution is -2.60. The van der Waals surface area contributed by atoms with E-state index in [4.69, 9.17) is 29.1 Å². The molecule has 0 unspecified atom stereocenters. The summed E-state index contributed by atoms with van der Waals surface area (Å²) in [6.07, 6.45) is -1.40. The third kappa shape index (κ3) is 32.6. The largest absolute Gasteiger partial charge is 0.488 e. The van der Waals surface area contributed by atoms with Gasteiger partial charge >= 0.3 is 12.2 Å². The van der Waals surface area contributed by atoms with Crippen molar-refractivity contribution < 1.29 is 94.4 Å². The Morgan fingerprint density at radius 1 is 0.554 bits per heavy atom. The maximum Gasteiger partial charge on any atom is 0.407 e. The number of rotatable bonds is 27. The predicted molar refractivity (Wildman–Crippen MR) is 567 cm³/mol. The van der Waals surface area contributed by atoms with Gasteiger partial charge in [-0.25, -0.2) is 22.7 Å². The summed E-state index contributed by atoms with van der Waals surface area (Å²) in [5, 5.41) is 45.2. The van der Waals surface area contributed by atoms with Gasteiger partial charge in [0.2, 0.25) is 70.9 Å². The van der Waals surface area contributed by atoms with Crippen LogP contribution in [0, 0.1) is 32.1 Å². The van der Waals surface area contributed by atoms with E-state index in [1.807, 2.05) is 174 Å². The summed E-state index contributed by atoms with van der Waals surface area (Å²) < 4.78 is 61.5. The van der Waals surface area contributed by atoms with E-state index >= 15 is 33.6 Å². The lowest BCUT2D eigenvalue weighted by atomic mass is 9.77. The van der Waals surface area contributed by atoms with E-state index in [-0.39, 0.29) is 100 Å². The van der Waals surface area contributed by atoms with Gasteiger partial charge in [-0.1, -0.05) is 187 Å². The zero-order valence-corrected chi connectivity index (χ0v) is 89.7. The van der Waals surface area contributed by atoms with Crippen LogP contribution in [0.4, 0.5) is 9.59 Å². The third-order valence-corrected chi connectivity index (χ3v) is 29.7. The lowest BCUT2D eigenvalue weighted by Gasteiger charge is -2.37. The van der Waals surface area contributed by atoms with Crippen molar-refractivity contribution in [2.75, 3.05) is 64.0 Å². The van der Waals surface area contributed by atoms with Gasteiger partial charge in [0.05, 0.1) is 30.2 Å². The van der Waals surface area contributed by atoms with Gasteiger partial charge in [0.25, 0.3) is 10.0 Å². The molecule has 8 atom stereocenters. The number of nitrogens with zero attached hydrogens (tertiary/aromatic N) is 1. The molecule has 2 saturated heterocycles. The predicted octanol–water partition coefficient (Wildman–Crippen LogP) is 10.3. The molecule has 148 heavy (non-hydrogen) atoms. The van der Waals surface area contributed by atoms with Crippen LogP contribution < -0.4 is 83.3 Å². The molecule has 0 spiro atoms. The van der Waals surface area contributed by atoms with E-state index in [9.17, 15) is 37.2 Å². The van der Waals surface area contributed by atoms with Crippen LogP contribution in [0.15, 0.2) is 169 Å². The molecule has 15 N–H and O–H groups in total. The molecule has 3 heterocycles. The van der Waals surface area contributed by atoms with Crippen LogP contribution in [0.3, 0.4) is 0 Å². The van der Waals surface area contributed by atoms with Crippen molar-refractivity contribution in [3.63, 3.8) is 0 Å². The molecule has 1 aliphatic carbocycles. The number of unbranched alkanes of at least 4 members (excludes halogenated alkanes) is 1. The van der Waals surface area contributed by atoms with Crippen molar-refractivity contribution >= 4 is 115 Å². The number of fused-ring (bicyclic) bond motifs is 5. The molecule has 4 aliphatic rings. The molecule has 0 saturated carbocycles. The first-order valence-corrected chi connectivity index (χ1v) is 54.4. The first kappa shape index (κ1) is 115. The molecule has 3 aliphatic heterocycles. The van der Waals surface area contributed by atoms with E-state index in [0.717, 1.165) is 38.6 Å². The van der Waals surface area contributed by atoms with Crippen LogP contribution >= 0.6 is 21.6 Å². The minimum absolute atomic E-state index is 0.00402. The van der Waals surface area contributed by atoms with Crippen LogP contribution in [0.2, 0.25) is 0 Å². The monoisotopic (exact) mass is 2090 g/mol. The smallest absolute Gasteiger partial charge is 0.407 e. The summed E-state index contributed by atoms with van der Waals surface area (Å²) in [6, 6.07) is 38.0. The Hall–Kier alpha value is -13.3. The first-order valence-electron chi connectivity index (χ1n) is 50.4. The number of sulfonamides is 1. The minimum atomic E-state index is -4.49. The van der Waals surface area contributed by atoms with E-state index in [1.54, 1.807) is 100 Å². The first-order chi connectivity index (χ1) is 70.1. The van der Waals surface area contributed by atoms with Crippen LogP contribution in [-0.4, -0.2) is 231 Å². The number of carbonyl (C=O) groups excluding carboxylic acids is 13. The number of ether oxygens (including phenoxy) is 5. The minimum Gasteiger partial charge on any atom is -0.488 e. The molecule has 13 amide bonds. The van der Waals surface area contributed by atoms with Gasteiger partial charge in [-0.15, -0.1) is 0 Å². The Morgan fingerprint density at radius 3 is 1.70 bits per heavy atom. The molecular weight excluding hydrogens is 1950 g/mol. The molecule has 7 aromatic rings. The second-order valence-electron chi connectivity index (χ2n) is 41.5. The summed E-state index contributed by atoms with van der Waals surface area (Å²) in [4.78, 5) is 195. The van der Waals surface area contributed by atoms with Gasteiger partial charge in [0.1, 0.15) is 88.8 Å². The molecule has 7 aromatic carbocycles. The fraction of sp³-hybridized carbons (Fsp3) is 0.486. The van der Waals surface area contributed by atoms with Crippen molar-refractivity contribution in [2.45, 2.75) is 275 Å². The maximum atomic E-state index is 15.9. The van der Waals surface area contributed by atoms with Crippen LogP contribution in [0.1, 0.15) is 216 Å². The van der Waals surface area contributed by atoms with Gasteiger partial charge in [-0.05, 0) is 246 Å². The number of benzene rings is 7. The van der Waals surface area contributed by atoms with E-state index in [1.165, 1.54) is 15.7 Å². The van der Waals surface area contributed by atoms with Crippen LogP contribution in [0.5, 0.6) is 11.5 Å². The fourth-order valence-electron chi connectivity index (χ4n) is 18.2. The SMILES string of the molecule is Cc1c(C)c(S(=O)(=O)NC(=N)NCCC[C@@H]2NC(=O)[C@H](COC(C)(C)C)NC(=O)[C@H](C(C)C)NC(=O)CNC(=O)[C@@H](NC(=O)OCC3c4ccccc4-c4ccccc43)CSSCCNC(=O)[C@H](Cc3ccc(OC(C)(C)C)cc3)NC(=O)[C@@H]3CCCN3C(=O)[C@H](CCCCNC(=O)OC(C)(C)C)NC(=O)CNC(=O)[C@H](CCC(=O)NC(c3ccccc3)(c3ccccc3)c3ccccc3)NC2=O)c(C)c2c1OC(C)(C)CC2. The normalized spacial score (nSPS) is 20.2. The number of hydrogen-bond donors (Lipinski definition) is 15. The summed E-state index contributed by atoms with van der Waals surface area (Å²) in [5.41, 5.74) is 4.23. The Morgan fingerprint density at radius 2 is 1.10 bits per heavy atom. The highest BCUT2D eigenvalue weighted by atomic mass is 33.1. The maximum absolute atomic E-state index is 15.9. The molecule has 39 heteroatoms. The molecule has 36 nitrogen and oxygen atoms in total. The number of carbonyl (C=O) groups is 13. The summed E-state index contributed by atoms with van der Waals surface area (Å²) in [6.45, 7) is 25.6. The van der Waals surface area contributed by atoms with Gasteiger partial charge in [-0.2, -0.15) is 0 Å². The summed E-state index contributed by atoms with van der Waals surface area (Å²) >= 11 is 0. The Bertz CT molecular complexity index is 5860. The van der Waals surface area contributed by atoms with Crippen LogP contribution in [-0.2, 0) is 95.4 Å². The second kappa shape index (κ2) is 52.1. The molecule has 0 radical (unpaired) electrons. The average Bonchev–Trinajstić information content (AvgIpc) is 1.16. The van der Waals surface area contributed by atoms with Gasteiger partial charge in [-0.3, -0.25) is 58.1 Å². The lowest BCUT2D eigenvalue weighted by molar-refractivity contribution is -0.142. The number of guanidine groups is 1. The molecular formula is C109H144N16O20S3. The molecule has 0 bridgehead atoms. The standard InChI is InChI=1S/C109H144N16O20S3/c1-66(2)91-100(135)120-85(64-142-105(6,7)8)98(133)117-81(45-32-56-112-102(110)124-148(139,140)93-68(4)67(3)92-75(69(93)5)53-54-108(15,16)144-92)97(132)118-82(51-52-88(126)123-109(71-34-20-17-21-35-71,72-36-22-18-23-37-72)73-38-24-19-25-39-73)94(129)114-61-89(127)116-83(44-30-31-55-113-103(137)145-107(12,13)14)101(136)125-58-33-46-87(125)99(134)119-84(60-70-47-49-74(50-48-70)143-106(9,10)11)95(130)111-57-59-146-147-65-86(96(131)115-62-90(128)122-91)121-104(138)141-63-80-78-42-28-26-40-76(78)77-41-27-29-43-79(77)80/h17-29,34-43,47-50,66,80-87,91H,30-33,44-46,51-65H2,1-16H3,(H,111,130)(H,113,137)(H,114,129)(H,115,131)(H,116,127)(H,117,133)(H,118,132)(H,119,134)(H,120,135)(H,121,138)(H,122,128)(H,123,126)(H3,110,112,124)/t81-,82-,83-,84-,85-,86-,87-,91-/m0/s1. The van der Waals surface area contributed by atoms with Crippen molar-refractivity contribution in [3.05, 3.63) is 219 Å². The number of hydrogen-bond acceptors (Lipinski definition) is 23. The summed E-state index contributed by atoms with van der Waals surface area (Å²) in [5.74, 6) is -10.0. The van der Waals surface area contributed by atoms with Crippen LogP contribution in [0.25, 0.3) is 11.1 Å². The van der Waals surface area contributed by atoms with Gasteiger partial charge < -0.3 is 97.7 Å². The van der Waals surface area contributed by atoms with E-state index in [0.29, 0.717) is 69.7 Å². The molecule has 798 valence electrons. The van der Waals surface area contributed by atoms with E-state index in [2.05, 4.69) is 73.8 Å². The molecule has 0 aromatic heterocycles. The van der Waals surface area contributed by atoms with Crippen molar-refractivity contribution in [1.29, 1.82) is 5.41 Å². The van der Waals surface area contributed by atoms with Gasteiger partial charge in [0, 0.05) is 56.4 Å². The highest BCUT2D eigenvalue weighted by molar-refractivity contribution is 8.76. The second-order valence-corrected chi connectivity index (χ2v) is 45.7. The Kier molecular flexibility index (Phi) is 40.5. The topological polar surface area (TPSA) is 498 Å².